The summed E-state index contributed by atoms with van der Waals surface area (Å²) in [6, 6.07) is 31.1. The van der Waals surface area contributed by atoms with Crippen LogP contribution in [0.15, 0.2) is 84.9 Å². The molecule has 0 heterocycles. The molecule has 0 aromatic heterocycles. The smallest absolute Gasteiger partial charge is 0.0742 e. The van der Waals surface area contributed by atoms with Crippen molar-refractivity contribution in [1.82, 2.24) is 0 Å². The minimum atomic E-state index is 0. The molecular formula is C30H36Li2. The van der Waals surface area contributed by atoms with Gasteiger partial charge in [0.1, 0.15) is 0 Å². The Labute approximate surface area is 221 Å². The van der Waals surface area contributed by atoms with E-state index in [4.69, 9.17) is 0 Å². The van der Waals surface area contributed by atoms with Crippen LogP contribution in [0.2, 0.25) is 0 Å². The number of hydrogen-bond acceptors (Lipinski definition) is 0. The van der Waals surface area contributed by atoms with E-state index in [9.17, 15) is 0 Å². The zero-order valence-corrected chi connectivity index (χ0v) is 21.1. The molecule has 2 atom stereocenters. The van der Waals surface area contributed by atoms with Crippen LogP contribution in [0.3, 0.4) is 0 Å². The summed E-state index contributed by atoms with van der Waals surface area (Å²) in [7, 11) is 0. The van der Waals surface area contributed by atoms with Gasteiger partial charge in [0.2, 0.25) is 0 Å². The van der Waals surface area contributed by atoms with Gasteiger partial charge in [-0.05, 0) is 36.1 Å². The third kappa shape index (κ3) is 7.87. The molecule has 0 spiro atoms. The quantitative estimate of drug-likeness (QED) is 0.237. The Morgan fingerprint density at radius 2 is 1.19 bits per heavy atom. The molecule has 0 fully saturated rings. The SMILES string of the molecule is CCC(C)C[C+](c1ccccc1)c1cccc([C-](CC(C)CC)c2ccccc2)c1.[Li].[Li]. The molecule has 0 bridgehead atoms. The van der Waals surface area contributed by atoms with Crippen LogP contribution >= 0.6 is 0 Å². The zero-order valence-electron chi connectivity index (χ0n) is 21.1. The Hall–Kier alpha value is -1.41. The molecule has 0 aliphatic heterocycles. The second kappa shape index (κ2) is 14.7. The predicted octanol–water partition coefficient (Wildman–Crippen LogP) is 7.74. The van der Waals surface area contributed by atoms with Gasteiger partial charge in [-0.2, -0.15) is 0 Å². The summed E-state index contributed by atoms with van der Waals surface area (Å²) in [5.41, 5.74) is 5.41. The summed E-state index contributed by atoms with van der Waals surface area (Å²) in [4.78, 5) is 0. The molecule has 0 saturated carbocycles. The first-order valence-electron chi connectivity index (χ1n) is 11.6. The van der Waals surface area contributed by atoms with Crippen molar-refractivity contribution in [1.29, 1.82) is 0 Å². The van der Waals surface area contributed by atoms with Crippen molar-refractivity contribution in [2.75, 3.05) is 0 Å². The number of rotatable bonds is 10. The summed E-state index contributed by atoms with van der Waals surface area (Å²) >= 11 is 0. The van der Waals surface area contributed by atoms with E-state index in [0.717, 1.165) is 12.8 Å². The van der Waals surface area contributed by atoms with Crippen LogP contribution in [0, 0.1) is 23.7 Å². The van der Waals surface area contributed by atoms with Crippen LogP contribution in [0.1, 0.15) is 75.6 Å². The fourth-order valence-electron chi connectivity index (χ4n) is 3.96. The molecule has 0 nitrogen and oxygen atoms in total. The van der Waals surface area contributed by atoms with Gasteiger partial charge in [-0.3, -0.25) is 0 Å². The second-order valence-electron chi connectivity index (χ2n) is 8.71. The van der Waals surface area contributed by atoms with Gasteiger partial charge in [0.05, 0.1) is 5.56 Å². The predicted molar refractivity (Wildman–Crippen MR) is 142 cm³/mol. The van der Waals surface area contributed by atoms with Crippen LogP contribution < -0.4 is 0 Å². The summed E-state index contributed by atoms with van der Waals surface area (Å²) in [5, 5.41) is 0. The summed E-state index contributed by atoms with van der Waals surface area (Å²) in [6.07, 6.45) is 4.61. The van der Waals surface area contributed by atoms with E-state index < -0.39 is 0 Å². The molecule has 32 heavy (non-hydrogen) atoms. The van der Waals surface area contributed by atoms with E-state index >= 15 is 0 Å². The van der Waals surface area contributed by atoms with E-state index in [1.165, 1.54) is 46.9 Å². The van der Waals surface area contributed by atoms with Crippen molar-refractivity contribution in [2.24, 2.45) is 11.8 Å². The Kier molecular flexibility index (Phi) is 13.1. The first-order valence-corrected chi connectivity index (χ1v) is 11.6. The standard InChI is InChI=1S/C30H36.2Li/c1-5-23(3)20-29(25-14-9-7-10-15-25)27-18-13-19-28(22-27)30(21-24(4)6-2)26-16-11-8-12-17-26;;/h7-19,22-24H,5-6,20-21H2,1-4H3;;. The Morgan fingerprint density at radius 1 is 0.656 bits per heavy atom. The minimum absolute atomic E-state index is 0. The van der Waals surface area contributed by atoms with Crippen molar-refractivity contribution in [3.8, 4) is 0 Å². The molecule has 3 rings (SSSR count). The van der Waals surface area contributed by atoms with Crippen molar-refractivity contribution in [3.63, 3.8) is 0 Å². The first kappa shape index (κ1) is 28.6. The fourth-order valence-corrected chi connectivity index (χ4v) is 3.96. The first-order chi connectivity index (χ1) is 14.6. The van der Waals surface area contributed by atoms with E-state index in [1.54, 1.807) is 0 Å². The maximum Gasteiger partial charge on any atom is 0.0742 e. The molecule has 0 aliphatic rings. The molecule has 2 heteroatoms. The van der Waals surface area contributed by atoms with Gasteiger partial charge in [0, 0.05) is 67.8 Å². The largest absolute Gasteiger partial charge is 0.120 e. The van der Waals surface area contributed by atoms with E-state index in [0.29, 0.717) is 11.8 Å². The van der Waals surface area contributed by atoms with Gasteiger partial charge in [-0.1, -0.05) is 77.3 Å². The topological polar surface area (TPSA) is 0 Å². The van der Waals surface area contributed by atoms with Gasteiger partial charge in [0.15, 0.2) is 0 Å². The van der Waals surface area contributed by atoms with Crippen LogP contribution in [0.4, 0.5) is 0 Å². The van der Waals surface area contributed by atoms with Crippen molar-refractivity contribution < 1.29 is 0 Å². The molecule has 0 amide bonds. The molecule has 3 aromatic carbocycles. The van der Waals surface area contributed by atoms with Crippen molar-refractivity contribution in [2.45, 2.75) is 53.4 Å². The minimum Gasteiger partial charge on any atom is -0.120 e. The maximum absolute atomic E-state index is 2.43. The average molecular weight is 411 g/mol. The molecule has 158 valence electrons. The van der Waals surface area contributed by atoms with Crippen molar-refractivity contribution in [3.05, 3.63) is 119 Å². The molecule has 2 unspecified atom stereocenters. The third-order valence-corrected chi connectivity index (χ3v) is 6.30. The molecule has 0 aliphatic carbocycles. The van der Waals surface area contributed by atoms with Gasteiger partial charge in [-0.25, -0.2) is 0 Å². The van der Waals surface area contributed by atoms with Crippen LogP contribution in [0.25, 0.3) is 0 Å². The van der Waals surface area contributed by atoms with Gasteiger partial charge < -0.3 is 0 Å². The molecule has 2 radical (unpaired) electrons. The molecular weight excluding hydrogens is 374 g/mol. The molecule has 0 N–H and O–H groups in total. The Bertz CT molecular complexity index is 805. The Morgan fingerprint density at radius 3 is 1.78 bits per heavy atom. The summed E-state index contributed by atoms with van der Waals surface area (Å²) in [6.45, 7) is 9.29. The van der Waals surface area contributed by atoms with Crippen molar-refractivity contribution >= 4 is 37.7 Å². The molecule has 0 saturated heterocycles. The zero-order chi connectivity index (χ0) is 21.3. The van der Waals surface area contributed by atoms with Gasteiger partial charge in [0.25, 0.3) is 0 Å². The fraction of sp³-hybridized carbons (Fsp3) is 0.333. The number of benzene rings is 3. The monoisotopic (exact) mass is 410 g/mol. The average Bonchev–Trinajstić information content (AvgIpc) is 2.81. The maximum atomic E-state index is 2.43. The van der Waals surface area contributed by atoms with Gasteiger partial charge >= 0.3 is 0 Å². The summed E-state index contributed by atoms with van der Waals surface area (Å²) in [5.74, 6) is 4.26. The normalized spacial score (nSPS) is 12.1. The third-order valence-electron chi connectivity index (χ3n) is 6.30. The Balaban J connectivity index is 0.00000256. The van der Waals surface area contributed by atoms with Crippen LogP contribution in [0.5, 0.6) is 0 Å². The van der Waals surface area contributed by atoms with Crippen LogP contribution in [-0.2, 0) is 0 Å². The van der Waals surface area contributed by atoms with E-state index in [2.05, 4.69) is 113 Å². The summed E-state index contributed by atoms with van der Waals surface area (Å²) < 4.78 is 0. The van der Waals surface area contributed by atoms with E-state index in [-0.39, 0.29) is 37.7 Å². The molecule has 3 aromatic rings. The second-order valence-corrected chi connectivity index (χ2v) is 8.71. The van der Waals surface area contributed by atoms with Gasteiger partial charge in [-0.15, -0.1) is 35.2 Å². The number of hydrogen-bond donors (Lipinski definition) is 0. The van der Waals surface area contributed by atoms with E-state index in [1.807, 2.05) is 0 Å². The van der Waals surface area contributed by atoms with Crippen LogP contribution in [-0.4, -0.2) is 37.7 Å².